The normalized spacial score (nSPS) is 11.2. The number of fused-ring (bicyclic) bond motifs is 1. The van der Waals surface area contributed by atoms with E-state index in [0.29, 0.717) is 17.3 Å². The highest BCUT2D eigenvalue weighted by molar-refractivity contribution is 9.11. The van der Waals surface area contributed by atoms with Crippen molar-refractivity contribution in [1.29, 1.82) is 0 Å². The molecule has 0 aliphatic heterocycles. The monoisotopic (exact) mass is 446 g/mol. The lowest BCUT2D eigenvalue weighted by molar-refractivity contribution is 0.906. The second-order valence-corrected chi connectivity index (χ2v) is 6.97. The Morgan fingerprint density at radius 1 is 1.05 bits per heavy atom. The van der Waals surface area contributed by atoms with E-state index >= 15 is 0 Å². The molecule has 0 aliphatic carbocycles. The van der Waals surface area contributed by atoms with Crippen LogP contribution in [0.4, 0.5) is 0 Å². The van der Waals surface area contributed by atoms with Gasteiger partial charge in [0.2, 0.25) is 0 Å². The van der Waals surface area contributed by atoms with Gasteiger partial charge in [-0.3, -0.25) is 4.57 Å². The first kappa shape index (κ1) is 15.3. The number of halogens is 4. The van der Waals surface area contributed by atoms with E-state index < -0.39 is 0 Å². The molecule has 1 heterocycles. The molecule has 0 saturated carbocycles. The Hall–Kier alpha value is -0.550. The summed E-state index contributed by atoms with van der Waals surface area (Å²) in [6, 6.07) is 11.8. The van der Waals surface area contributed by atoms with Gasteiger partial charge < -0.3 is 0 Å². The first-order valence-corrected chi connectivity index (χ1v) is 8.79. The molecule has 6 heteroatoms. The Bertz CT molecular complexity index is 795. The van der Waals surface area contributed by atoms with Crippen molar-refractivity contribution in [2.45, 2.75) is 6.42 Å². The van der Waals surface area contributed by atoms with Gasteiger partial charge in [-0.1, -0.05) is 23.7 Å². The van der Waals surface area contributed by atoms with Crippen LogP contribution in [-0.2, 0) is 6.42 Å². The minimum Gasteiger partial charge on any atom is -0.294 e. The summed E-state index contributed by atoms with van der Waals surface area (Å²) in [6.07, 6.45) is 0.667. The van der Waals surface area contributed by atoms with Crippen LogP contribution in [0.1, 0.15) is 5.82 Å². The van der Waals surface area contributed by atoms with Crippen LogP contribution < -0.4 is 0 Å². The zero-order valence-electron chi connectivity index (χ0n) is 10.8. The van der Waals surface area contributed by atoms with Crippen molar-refractivity contribution >= 4 is 66.1 Å². The third kappa shape index (κ3) is 2.74. The Labute approximate surface area is 149 Å². The lowest BCUT2D eigenvalue weighted by Gasteiger charge is -2.13. The van der Waals surface area contributed by atoms with E-state index in [-0.39, 0.29) is 0 Å². The van der Waals surface area contributed by atoms with Crippen LogP contribution in [0.5, 0.6) is 0 Å². The number of para-hydroxylation sites is 2. The molecular weight excluding hydrogens is 439 g/mol. The highest BCUT2D eigenvalue weighted by atomic mass is 79.9. The van der Waals surface area contributed by atoms with Gasteiger partial charge in [0.25, 0.3) is 0 Å². The topological polar surface area (TPSA) is 17.8 Å². The van der Waals surface area contributed by atoms with E-state index in [1.165, 1.54) is 0 Å². The fraction of sp³-hybridized carbons (Fsp3) is 0.133. The smallest absolute Gasteiger partial charge is 0.115 e. The zero-order chi connectivity index (χ0) is 15.0. The fourth-order valence-electron chi connectivity index (χ4n) is 2.32. The molecule has 2 aromatic carbocycles. The molecule has 0 atom stereocenters. The maximum Gasteiger partial charge on any atom is 0.115 e. The first-order valence-electron chi connectivity index (χ1n) is 6.29. The quantitative estimate of drug-likeness (QED) is 0.450. The molecule has 0 fully saturated rings. The summed E-state index contributed by atoms with van der Waals surface area (Å²) in [6.45, 7) is 0. The van der Waals surface area contributed by atoms with Crippen LogP contribution in [0.25, 0.3) is 16.7 Å². The molecule has 0 saturated heterocycles. The van der Waals surface area contributed by atoms with Crippen molar-refractivity contribution in [2.24, 2.45) is 0 Å². The van der Waals surface area contributed by atoms with E-state index in [9.17, 15) is 0 Å². The summed E-state index contributed by atoms with van der Waals surface area (Å²) in [5.74, 6) is 1.39. The Morgan fingerprint density at radius 3 is 2.38 bits per heavy atom. The molecule has 0 N–H and O–H groups in total. The van der Waals surface area contributed by atoms with Crippen LogP contribution >= 0.6 is 55.1 Å². The molecule has 0 amide bonds. The standard InChI is InChI=1S/C15H10Br2Cl2N2/c16-9-3-1-4-10(17)15(9)21-12-6-2-5-11(19)14(12)20-13(21)7-8-18/h1-6H,7-8H2. The summed E-state index contributed by atoms with van der Waals surface area (Å²) in [5, 5.41) is 0.644. The van der Waals surface area contributed by atoms with Crippen LogP contribution in [0, 0.1) is 0 Å². The predicted octanol–water partition coefficient (Wildman–Crippen LogP) is 5.99. The van der Waals surface area contributed by atoms with Crippen molar-refractivity contribution in [1.82, 2.24) is 9.55 Å². The van der Waals surface area contributed by atoms with Gasteiger partial charge in [0.15, 0.2) is 0 Å². The zero-order valence-corrected chi connectivity index (χ0v) is 15.5. The van der Waals surface area contributed by atoms with Crippen molar-refractivity contribution in [3.05, 3.63) is 56.2 Å². The van der Waals surface area contributed by atoms with E-state index in [1.807, 2.05) is 36.4 Å². The number of imidazole rings is 1. The second kappa shape index (κ2) is 6.29. The number of hydrogen-bond acceptors (Lipinski definition) is 1. The Kier molecular flexibility index (Phi) is 4.60. The van der Waals surface area contributed by atoms with E-state index in [2.05, 4.69) is 41.4 Å². The minimum atomic E-state index is 0.503. The van der Waals surface area contributed by atoms with E-state index in [0.717, 1.165) is 31.5 Å². The molecule has 108 valence electrons. The molecule has 0 radical (unpaired) electrons. The molecule has 2 nitrogen and oxygen atoms in total. The van der Waals surface area contributed by atoms with Gasteiger partial charge in [-0.15, -0.1) is 11.6 Å². The first-order chi connectivity index (χ1) is 10.1. The largest absolute Gasteiger partial charge is 0.294 e. The Balaban J connectivity index is 2.40. The van der Waals surface area contributed by atoms with Gasteiger partial charge in [-0.05, 0) is 56.1 Å². The van der Waals surface area contributed by atoms with Crippen LogP contribution in [-0.4, -0.2) is 15.4 Å². The second-order valence-electron chi connectivity index (χ2n) is 4.48. The number of nitrogens with zero attached hydrogens (tertiary/aromatic N) is 2. The molecule has 0 bridgehead atoms. The van der Waals surface area contributed by atoms with Gasteiger partial charge in [-0.2, -0.15) is 0 Å². The molecule has 0 aliphatic rings. The Morgan fingerprint density at radius 2 is 1.71 bits per heavy atom. The third-order valence-electron chi connectivity index (χ3n) is 3.18. The summed E-state index contributed by atoms with van der Waals surface area (Å²) in [7, 11) is 0. The minimum absolute atomic E-state index is 0.503. The third-order valence-corrected chi connectivity index (χ3v) is 4.96. The summed E-state index contributed by atoms with van der Waals surface area (Å²) < 4.78 is 4.05. The predicted molar refractivity (Wildman–Crippen MR) is 95.9 cm³/mol. The number of aromatic nitrogens is 2. The molecule has 0 spiro atoms. The maximum absolute atomic E-state index is 6.28. The summed E-state index contributed by atoms with van der Waals surface area (Å²) in [5.41, 5.74) is 2.76. The van der Waals surface area contributed by atoms with Crippen LogP contribution in [0.3, 0.4) is 0 Å². The highest BCUT2D eigenvalue weighted by Gasteiger charge is 2.17. The van der Waals surface area contributed by atoms with Gasteiger partial charge in [0, 0.05) is 21.2 Å². The van der Waals surface area contributed by atoms with Crippen molar-refractivity contribution in [2.75, 3.05) is 5.88 Å². The van der Waals surface area contributed by atoms with Gasteiger partial charge >= 0.3 is 0 Å². The van der Waals surface area contributed by atoms with Crippen LogP contribution in [0.15, 0.2) is 45.3 Å². The van der Waals surface area contributed by atoms with Crippen molar-refractivity contribution in [3.8, 4) is 5.69 Å². The average molecular weight is 449 g/mol. The summed E-state index contributed by atoms with van der Waals surface area (Å²) >= 11 is 19.4. The van der Waals surface area contributed by atoms with Crippen molar-refractivity contribution < 1.29 is 0 Å². The van der Waals surface area contributed by atoms with Gasteiger partial charge in [-0.25, -0.2) is 4.98 Å². The average Bonchev–Trinajstić information content (AvgIpc) is 2.80. The molecule has 21 heavy (non-hydrogen) atoms. The number of alkyl halides is 1. The van der Waals surface area contributed by atoms with E-state index in [4.69, 9.17) is 23.2 Å². The molecular formula is C15H10Br2Cl2N2. The SMILES string of the molecule is ClCCc1nc2c(Cl)cccc2n1-c1c(Br)cccc1Br. The summed E-state index contributed by atoms with van der Waals surface area (Å²) in [4.78, 5) is 4.67. The molecule has 3 rings (SSSR count). The highest BCUT2D eigenvalue weighted by Crippen LogP contribution is 2.34. The van der Waals surface area contributed by atoms with Crippen LogP contribution in [0.2, 0.25) is 5.02 Å². The number of hydrogen-bond donors (Lipinski definition) is 0. The van der Waals surface area contributed by atoms with Gasteiger partial charge in [0.1, 0.15) is 11.3 Å². The van der Waals surface area contributed by atoms with Crippen molar-refractivity contribution in [3.63, 3.8) is 0 Å². The number of benzene rings is 2. The van der Waals surface area contributed by atoms with E-state index in [1.54, 1.807) is 0 Å². The molecule has 0 unspecified atom stereocenters. The number of aryl methyl sites for hydroxylation is 1. The van der Waals surface area contributed by atoms with Gasteiger partial charge in [0.05, 0.1) is 16.2 Å². The molecule has 1 aromatic heterocycles. The maximum atomic E-state index is 6.28. The lowest BCUT2D eigenvalue weighted by atomic mass is 10.2. The molecule has 3 aromatic rings. The number of rotatable bonds is 3. The fourth-order valence-corrected chi connectivity index (χ4v) is 4.05. The lowest BCUT2D eigenvalue weighted by Crippen LogP contribution is -2.03.